The van der Waals surface area contributed by atoms with Crippen LogP contribution in [-0.4, -0.2) is 11.7 Å². The molecule has 0 radical (unpaired) electrons. The molecule has 0 amide bonds. The molecule has 0 spiro atoms. The van der Waals surface area contributed by atoms with E-state index < -0.39 is 0 Å². The lowest BCUT2D eigenvalue weighted by Crippen LogP contribution is -2.22. The summed E-state index contributed by atoms with van der Waals surface area (Å²) in [5.41, 5.74) is 4.56. The van der Waals surface area contributed by atoms with Gasteiger partial charge >= 0.3 is 0 Å². The van der Waals surface area contributed by atoms with Gasteiger partial charge < -0.3 is 4.90 Å². The van der Waals surface area contributed by atoms with Crippen molar-refractivity contribution in [3.05, 3.63) is 77.9 Å². The number of para-hydroxylation sites is 1. The van der Waals surface area contributed by atoms with Crippen LogP contribution < -0.4 is 4.90 Å². The summed E-state index contributed by atoms with van der Waals surface area (Å²) in [6, 6.07) is 23.1. The maximum Gasteiger partial charge on any atom is 0.190 e. The Kier molecular flexibility index (Phi) is 7.63. The Bertz CT molecular complexity index is 1160. The Morgan fingerprint density at radius 2 is 1.59 bits per heavy atom. The first-order valence-electron chi connectivity index (χ1n) is 11.1. The number of nitrogens with zero attached hydrogens (tertiary/aromatic N) is 1. The van der Waals surface area contributed by atoms with Crippen LogP contribution in [0.5, 0.6) is 0 Å². The van der Waals surface area contributed by atoms with Crippen molar-refractivity contribution in [2.75, 3.05) is 11.4 Å². The largest absolute Gasteiger partial charge is 0.340 e. The summed E-state index contributed by atoms with van der Waals surface area (Å²) >= 11 is 3.07. The molecule has 0 N–H and O–H groups in total. The lowest BCUT2D eigenvalue weighted by Gasteiger charge is -2.33. The van der Waals surface area contributed by atoms with Gasteiger partial charge in [-0.25, -0.2) is 0 Å². The molecule has 0 fully saturated rings. The summed E-state index contributed by atoms with van der Waals surface area (Å²) < 4.78 is 0. The molecule has 0 aromatic heterocycles. The van der Waals surface area contributed by atoms with Gasteiger partial charge in [0.2, 0.25) is 0 Å². The SMILES string of the molecule is CCCCCCN1c2ccccc2Sc2cc(C#Cc3ccc(SC(C)=O)cc3)ccc21. The van der Waals surface area contributed by atoms with Crippen LogP contribution in [0.3, 0.4) is 0 Å². The minimum Gasteiger partial charge on any atom is -0.340 e. The third-order valence-corrected chi connectivity index (χ3v) is 7.24. The molecule has 0 aliphatic carbocycles. The minimum absolute atomic E-state index is 0.0939. The molecule has 4 rings (SSSR count). The molecule has 32 heavy (non-hydrogen) atoms. The number of rotatable bonds is 6. The predicted octanol–water partition coefficient (Wildman–Crippen LogP) is 7.91. The number of benzene rings is 3. The van der Waals surface area contributed by atoms with Crippen molar-refractivity contribution in [3.63, 3.8) is 0 Å². The van der Waals surface area contributed by atoms with Crippen LogP contribution in [0.25, 0.3) is 0 Å². The Hall–Kier alpha value is -2.61. The second-order valence-electron chi connectivity index (χ2n) is 7.83. The van der Waals surface area contributed by atoms with Crippen molar-refractivity contribution >= 4 is 40.0 Å². The predicted molar refractivity (Wildman–Crippen MR) is 137 cm³/mol. The molecule has 0 saturated heterocycles. The fourth-order valence-electron chi connectivity index (χ4n) is 3.77. The summed E-state index contributed by atoms with van der Waals surface area (Å²) in [4.78, 5) is 17.2. The number of hydrogen-bond donors (Lipinski definition) is 0. The number of anilines is 2. The third-order valence-electron chi connectivity index (χ3n) is 5.33. The van der Waals surface area contributed by atoms with E-state index in [9.17, 15) is 4.79 Å². The first-order chi connectivity index (χ1) is 15.6. The topological polar surface area (TPSA) is 20.3 Å². The van der Waals surface area contributed by atoms with Crippen LogP contribution in [0.2, 0.25) is 0 Å². The summed E-state index contributed by atoms with van der Waals surface area (Å²) in [5, 5.41) is 0.0939. The van der Waals surface area contributed by atoms with Crippen molar-refractivity contribution in [1.29, 1.82) is 0 Å². The van der Waals surface area contributed by atoms with E-state index in [2.05, 4.69) is 66.1 Å². The van der Waals surface area contributed by atoms with E-state index in [0.717, 1.165) is 22.6 Å². The lowest BCUT2D eigenvalue weighted by atomic mass is 10.1. The zero-order valence-corrected chi connectivity index (χ0v) is 20.2. The van der Waals surface area contributed by atoms with E-state index in [0.29, 0.717) is 0 Å². The Morgan fingerprint density at radius 3 is 2.38 bits per heavy atom. The molecule has 1 heterocycles. The Balaban J connectivity index is 1.55. The quantitative estimate of drug-likeness (QED) is 0.213. The van der Waals surface area contributed by atoms with E-state index in [1.807, 2.05) is 36.0 Å². The molecular weight excluding hydrogens is 430 g/mol. The first kappa shape index (κ1) is 22.6. The molecule has 1 aliphatic rings. The molecule has 3 aromatic carbocycles. The Labute approximate surface area is 199 Å². The molecule has 0 saturated carbocycles. The third kappa shape index (κ3) is 5.59. The number of unbranched alkanes of at least 4 members (excludes halogenated alkanes) is 3. The standard InChI is InChI=1S/C28H27NOS2/c1-3-4-5-8-19-29-25-9-6-7-10-27(25)32-28-20-23(15-18-26(28)29)12-11-22-13-16-24(17-14-22)31-21(2)30/h6-7,9-10,13-18,20H,3-5,8,19H2,1-2H3. The van der Waals surface area contributed by atoms with Crippen LogP contribution in [0.4, 0.5) is 11.4 Å². The van der Waals surface area contributed by atoms with Gasteiger partial charge in [0.15, 0.2) is 5.12 Å². The number of carbonyl (C=O) groups is 1. The van der Waals surface area contributed by atoms with Crippen molar-refractivity contribution in [3.8, 4) is 11.8 Å². The van der Waals surface area contributed by atoms with Crippen LogP contribution in [0, 0.1) is 11.8 Å². The van der Waals surface area contributed by atoms with Crippen LogP contribution in [-0.2, 0) is 4.79 Å². The molecule has 0 unspecified atom stereocenters. The van der Waals surface area contributed by atoms with Gasteiger partial charge in [-0.2, -0.15) is 0 Å². The Morgan fingerprint density at radius 1 is 0.875 bits per heavy atom. The highest BCUT2D eigenvalue weighted by Gasteiger charge is 2.22. The highest BCUT2D eigenvalue weighted by molar-refractivity contribution is 8.13. The van der Waals surface area contributed by atoms with E-state index in [-0.39, 0.29) is 5.12 Å². The van der Waals surface area contributed by atoms with Gasteiger partial charge in [0, 0.05) is 39.3 Å². The molecule has 162 valence electrons. The molecule has 2 nitrogen and oxygen atoms in total. The zero-order chi connectivity index (χ0) is 22.3. The van der Waals surface area contributed by atoms with E-state index in [4.69, 9.17) is 0 Å². The maximum absolute atomic E-state index is 11.2. The van der Waals surface area contributed by atoms with E-state index in [1.54, 1.807) is 6.92 Å². The molecule has 4 heteroatoms. The zero-order valence-electron chi connectivity index (χ0n) is 18.6. The van der Waals surface area contributed by atoms with Crippen LogP contribution >= 0.6 is 23.5 Å². The highest BCUT2D eigenvalue weighted by Crippen LogP contribution is 2.48. The van der Waals surface area contributed by atoms with Crippen molar-refractivity contribution in [1.82, 2.24) is 0 Å². The van der Waals surface area contributed by atoms with Gasteiger partial charge in [-0.15, -0.1) is 0 Å². The summed E-state index contributed by atoms with van der Waals surface area (Å²) in [6.45, 7) is 4.88. The summed E-state index contributed by atoms with van der Waals surface area (Å²) in [6.07, 6.45) is 5.01. The van der Waals surface area contributed by atoms with Crippen LogP contribution in [0.1, 0.15) is 50.7 Å². The normalized spacial score (nSPS) is 11.9. The summed E-state index contributed by atoms with van der Waals surface area (Å²) in [5.74, 6) is 6.57. The van der Waals surface area contributed by atoms with Gasteiger partial charge in [0.25, 0.3) is 0 Å². The van der Waals surface area contributed by atoms with E-state index >= 15 is 0 Å². The van der Waals surface area contributed by atoms with Gasteiger partial charge in [-0.05, 0) is 61.0 Å². The maximum atomic E-state index is 11.2. The molecule has 1 aliphatic heterocycles. The van der Waals surface area contributed by atoms with Crippen molar-refractivity contribution in [2.45, 2.75) is 54.2 Å². The van der Waals surface area contributed by atoms with Crippen molar-refractivity contribution in [2.24, 2.45) is 0 Å². The highest BCUT2D eigenvalue weighted by atomic mass is 32.2. The van der Waals surface area contributed by atoms with Crippen molar-refractivity contribution < 1.29 is 4.79 Å². The fraction of sp³-hybridized carbons (Fsp3) is 0.250. The lowest BCUT2D eigenvalue weighted by molar-refractivity contribution is -0.109. The molecular formula is C28H27NOS2. The summed E-state index contributed by atoms with van der Waals surface area (Å²) in [7, 11) is 0. The van der Waals surface area contributed by atoms with Gasteiger partial charge in [-0.3, -0.25) is 4.79 Å². The molecule has 0 atom stereocenters. The average Bonchev–Trinajstić information content (AvgIpc) is 2.80. The molecule has 0 bridgehead atoms. The average molecular weight is 458 g/mol. The molecule has 3 aromatic rings. The second kappa shape index (κ2) is 10.8. The first-order valence-corrected chi connectivity index (χ1v) is 12.8. The fourth-order valence-corrected chi connectivity index (χ4v) is 5.50. The smallest absolute Gasteiger partial charge is 0.190 e. The monoisotopic (exact) mass is 457 g/mol. The second-order valence-corrected chi connectivity index (χ2v) is 10.2. The van der Waals surface area contributed by atoms with Gasteiger partial charge in [0.05, 0.1) is 11.4 Å². The number of fused-ring (bicyclic) bond motifs is 2. The number of carbonyl (C=O) groups excluding carboxylic acids is 1. The van der Waals surface area contributed by atoms with Crippen LogP contribution in [0.15, 0.2) is 81.4 Å². The number of thioether (sulfide) groups is 1. The van der Waals surface area contributed by atoms with Gasteiger partial charge in [0.1, 0.15) is 0 Å². The number of hydrogen-bond acceptors (Lipinski definition) is 4. The van der Waals surface area contributed by atoms with Gasteiger partial charge in [-0.1, -0.05) is 73.7 Å². The minimum atomic E-state index is 0.0939. The van der Waals surface area contributed by atoms with E-state index in [1.165, 1.54) is 58.6 Å².